The highest BCUT2D eigenvalue weighted by atomic mass is 16.2. The summed E-state index contributed by atoms with van der Waals surface area (Å²) in [5.74, 6) is 0.590. The van der Waals surface area contributed by atoms with Crippen LogP contribution in [0, 0.1) is 6.92 Å². The molecule has 29 heavy (non-hydrogen) atoms. The van der Waals surface area contributed by atoms with Crippen molar-refractivity contribution in [1.29, 1.82) is 0 Å². The molecule has 148 valence electrons. The Kier molecular flexibility index (Phi) is 4.12. The molecule has 1 spiro atoms. The molecule has 0 unspecified atom stereocenters. The summed E-state index contributed by atoms with van der Waals surface area (Å²) in [4.78, 5) is 35.2. The summed E-state index contributed by atoms with van der Waals surface area (Å²) in [7, 11) is 0. The Labute approximate surface area is 168 Å². The quantitative estimate of drug-likeness (QED) is 0.704. The van der Waals surface area contributed by atoms with Crippen molar-refractivity contribution in [2.45, 2.75) is 38.0 Å². The van der Waals surface area contributed by atoms with Crippen LogP contribution < -0.4 is 5.56 Å². The van der Waals surface area contributed by atoms with Gasteiger partial charge in [0, 0.05) is 35.3 Å². The molecule has 5 rings (SSSR count). The molecule has 1 aromatic carbocycles. The van der Waals surface area contributed by atoms with Crippen molar-refractivity contribution >= 4 is 5.91 Å². The molecule has 1 aliphatic heterocycles. The molecule has 2 aromatic heterocycles. The molecule has 7 heteroatoms. The fourth-order valence-corrected chi connectivity index (χ4v) is 4.70. The zero-order valence-electron chi connectivity index (χ0n) is 16.4. The molecule has 0 bridgehead atoms. The van der Waals surface area contributed by atoms with Gasteiger partial charge in [-0.15, -0.1) is 0 Å². The summed E-state index contributed by atoms with van der Waals surface area (Å²) in [5, 5.41) is 6.93. The lowest BCUT2D eigenvalue weighted by Gasteiger charge is -2.39. The van der Waals surface area contributed by atoms with E-state index >= 15 is 0 Å². The van der Waals surface area contributed by atoms with Crippen molar-refractivity contribution in [3.63, 3.8) is 0 Å². The number of rotatable bonds is 2. The monoisotopic (exact) mass is 389 g/mol. The molecule has 0 radical (unpaired) electrons. The fourth-order valence-electron chi connectivity index (χ4n) is 4.70. The first-order chi connectivity index (χ1) is 14.1. The first-order valence-electron chi connectivity index (χ1n) is 10.1. The highest BCUT2D eigenvalue weighted by Crippen LogP contribution is 2.44. The number of nitrogens with zero attached hydrogens (tertiary/aromatic N) is 3. The fraction of sp³-hybridized carbons (Fsp3) is 0.364. The van der Waals surface area contributed by atoms with Gasteiger partial charge in [0.15, 0.2) is 0 Å². The minimum absolute atomic E-state index is 0.0313. The Balaban J connectivity index is 1.42. The van der Waals surface area contributed by atoms with E-state index in [2.05, 4.69) is 15.2 Å². The number of carbonyl (C=O) groups excluding carboxylic acids is 1. The van der Waals surface area contributed by atoms with Crippen LogP contribution in [0.5, 0.6) is 0 Å². The summed E-state index contributed by atoms with van der Waals surface area (Å²) >= 11 is 0. The van der Waals surface area contributed by atoms with Crippen LogP contribution >= 0.6 is 0 Å². The Morgan fingerprint density at radius 1 is 1.14 bits per heavy atom. The maximum absolute atomic E-state index is 12.7. The van der Waals surface area contributed by atoms with Crippen molar-refractivity contribution in [3.8, 4) is 11.4 Å². The number of H-pyrrole nitrogens is 2. The van der Waals surface area contributed by atoms with E-state index in [0.29, 0.717) is 24.6 Å². The number of aryl methyl sites for hydroxylation is 1. The van der Waals surface area contributed by atoms with Crippen LogP contribution in [0.1, 0.15) is 46.7 Å². The Morgan fingerprint density at radius 3 is 2.59 bits per heavy atom. The summed E-state index contributed by atoms with van der Waals surface area (Å²) in [6, 6.07) is 11.5. The zero-order valence-corrected chi connectivity index (χ0v) is 16.4. The normalized spacial score (nSPS) is 17.5. The smallest absolute Gasteiger partial charge is 0.274 e. The van der Waals surface area contributed by atoms with E-state index in [1.165, 1.54) is 0 Å². The SMILES string of the molecule is Cc1cc(C(=O)N2CCC3(CCc4c3nc(-c3ccccc3)[nH]c4=O)CC2)n[nH]1. The van der Waals surface area contributed by atoms with Gasteiger partial charge in [0.2, 0.25) is 0 Å². The van der Waals surface area contributed by atoms with E-state index in [-0.39, 0.29) is 16.9 Å². The van der Waals surface area contributed by atoms with Crippen molar-refractivity contribution in [2.75, 3.05) is 13.1 Å². The number of benzene rings is 1. The number of aromatic nitrogens is 4. The molecule has 0 atom stereocenters. The van der Waals surface area contributed by atoms with Gasteiger partial charge in [0.25, 0.3) is 11.5 Å². The standard InChI is InChI=1S/C22H23N5O2/c1-14-13-17(26-25-14)21(29)27-11-9-22(10-12-27)8-7-16-18(22)23-19(24-20(16)28)15-5-3-2-4-6-15/h2-6,13H,7-12H2,1H3,(H,25,26)(H,23,24,28). The van der Waals surface area contributed by atoms with Gasteiger partial charge in [-0.25, -0.2) is 4.98 Å². The predicted octanol–water partition coefficient (Wildman–Crippen LogP) is 2.59. The van der Waals surface area contributed by atoms with Gasteiger partial charge < -0.3 is 9.88 Å². The molecular formula is C22H23N5O2. The van der Waals surface area contributed by atoms with E-state index in [1.807, 2.05) is 42.2 Å². The maximum atomic E-state index is 12.7. The molecule has 7 nitrogen and oxygen atoms in total. The number of fused-ring (bicyclic) bond motifs is 2. The van der Waals surface area contributed by atoms with Crippen molar-refractivity contribution in [3.05, 3.63) is 69.4 Å². The largest absolute Gasteiger partial charge is 0.337 e. The minimum atomic E-state index is -0.120. The van der Waals surface area contributed by atoms with E-state index in [0.717, 1.165) is 48.2 Å². The topological polar surface area (TPSA) is 94.7 Å². The highest BCUT2D eigenvalue weighted by Gasteiger charge is 2.44. The lowest BCUT2D eigenvalue weighted by molar-refractivity contribution is 0.0657. The van der Waals surface area contributed by atoms with Crippen LogP contribution in [-0.4, -0.2) is 44.1 Å². The number of likely N-dealkylation sites (tertiary alicyclic amines) is 1. The number of hydrogen-bond acceptors (Lipinski definition) is 4. The molecule has 3 heterocycles. The molecule has 1 aliphatic carbocycles. The van der Waals surface area contributed by atoms with E-state index in [9.17, 15) is 9.59 Å². The number of hydrogen-bond donors (Lipinski definition) is 2. The maximum Gasteiger partial charge on any atom is 0.274 e. The first kappa shape index (κ1) is 17.8. The van der Waals surface area contributed by atoms with Crippen molar-refractivity contribution in [2.24, 2.45) is 0 Å². The zero-order chi connectivity index (χ0) is 20.0. The average Bonchev–Trinajstić information content (AvgIpc) is 3.33. The third kappa shape index (κ3) is 2.97. The third-order valence-electron chi connectivity index (χ3n) is 6.35. The van der Waals surface area contributed by atoms with Gasteiger partial charge >= 0.3 is 0 Å². The average molecular weight is 389 g/mol. The molecule has 3 aromatic rings. The van der Waals surface area contributed by atoms with Crippen LogP contribution in [0.25, 0.3) is 11.4 Å². The number of carbonyl (C=O) groups is 1. The summed E-state index contributed by atoms with van der Waals surface area (Å²) in [6.45, 7) is 3.19. The van der Waals surface area contributed by atoms with Crippen LogP contribution in [0.2, 0.25) is 0 Å². The molecule has 1 saturated heterocycles. The van der Waals surface area contributed by atoms with E-state index in [1.54, 1.807) is 6.07 Å². The van der Waals surface area contributed by atoms with Crippen LogP contribution in [0.3, 0.4) is 0 Å². The van der Waals surface area contributed by atoms with Gasteiger partial charge in [0.05, 0.1) is 5.69 Å². The Hall–Kier alpha value is -3.22. The minimum Gasteiger partial charge on any atom is -0.337 e. The van der Waals surface area contributed by atoms with Crippen LogP contribution in [0.15, 0.2) is 41.2 Å². The highest BCUT2D eigenvalue weighted by molar-refractivity contribution is 5.92. The third-order valence-corrected chi connectivity index (χ3v) is 6.35. The van der Waals surface area contributed by atoms with Crippen LogP contribution in [0.4, 0.5) is 0 Å². The number of piperidine rings is 1. The van der Waals surface area contributed by atoms with E-state index in [4.69, 9.17) is 4.98 Å². The Bertz CT molecular complexity index is 1120. The summed E-state index contributed by atoms with van der Waals surface area (Å²) < 4.78 is 0. The first-order valence-corrected chi connectivity index (χ1v) is 10.1. The van der Waals surface area contributed by atoms with Gasteiger partial charge in [-0.05, 0) is 38.7 Å². The summed E-state index contributed by atoms with van der Waals surface area (Å²) in [5.41, 5.74) is 3.85. The second kappa shape index (κ2) is 6.69. The molecule has 2 N–H and O–H groups in total. The second-order valence-electron chi connectivity index (χ2n) is 8.12. The Morgan fingerprint density at radius 2 is 1.90 bits per heavy atom. The van der Waals surface area contributed by atoms with Gasteiger partial charge in [-0.3, -0.25) is 14.7 Å². The van der Waals surface area contributed by atoms with Gasteiger partial charge in [-0.1, -0.05) is 30.3 Å². The lowest BCUT2D eigenvalue weighted by Crippen LogP contribution is -2.45. The lowest BCUT2D eigenvalue weighted by atomic mass is 9.76. The van der Waals surface area contributed by atoms with Crippen LogP contribution in [-0.2, 0) is 11.8 Å². The number of aromatic amines is 2. The molecule has 0 saturated carbocycles. The number of nitrogens with one attached hydrogen (secondary N) is 2. The number of amides is 1. The van der Waals surface area contributed by atoms with Gasteiger partial charge in [-0.2, -0.15) is 5.10 Å². The van der Waals surface area contributed by atoms with Gasteiger partial charge in [0.1, 0.15) is 11.5 Å². The van der Waals surface area contributed by atoms with E-state index < -0.39 is 0 Å². The molecule has 1 fully saturated rings. The second-order valence-corrected chi connectivity index (χ2v) is 8.12. The summed E-state index contributed by atoms with van der Waals surface area (Å²) in [6.07, 6.45) is 3.30. The molecule has 1 amide bonds. The predicted molar refractivity (Wildman–Crippen MR) is 109 cm³/mol. The van der Waals surface area contributed by atoms with Crippen molar-refractivity contribution in [1.82, 2.24) is 25.1 Å². The molecular weight excluding hydrogens is 366 g/mol. The van der Waals surface area contributed by atoms with Crippen molar-refractivity contribution < 1.29 is 4.79 Å². The molecule has 2 aliphatic rings.